The minimum Gasteiger partial charge on any atom is -0.0763 e. The van der Waals surface area contributed by atoms with Crippen LogP contribution in [0.1, 0.15) is 0 Å². The molecule has 2 bridgehead atoms. The van der Waals surface area contributed by atoms with Crippen molar-refractivity contribution in [2.24, 2.45) is 11.8 Å². The number of hydrogen-bond donors (Lipinski definition) is 0. The molecule has 0 radical (unpaired) electrons. The molecule has 0 N–H and O–H groups in total. The van der Waals surface area contributed by atoms with Crippen LogP contribution in [0, 0.1) is 11.8 Å². The van der Waals surface area contributed by atoms with Crippen molar-refractivity contribution < 1.29 is 0 Å². The fourth-order valence-electron chi connectivity index (χ4n) is 1.48. The molecule has 0 aromatic carbocycles. The second-order valence-electron chi connectivity index (χ2n) is 2.25. The summed E-state index contributed by atoms with van der Waals surface area (Å²) in [5.41, 5.74) is 3.52. The van der Waals surface area contributed by atoms with Crippen LogP contribution < -0.4 is 0 Å². The van der Waals surface area contributed by atoms with Gasteiger partial charge in [-0.1, -0.05) is 12.2 Å². The Labute approximate surface area is 36.2 Å². The molecule has 28 valence electrons. The van der Waals surface area contributed by atoms with Gasteiger partial charge in [-0.2, -0.15) is 0 Å². The summed E-state index contributed by atoms with van der Waals surface area (Å²) in [5.74, 6) is 1.85. The number of allylic oxidation sites excluding steroid dienone is 4. The molecule has 0 amide bonds. The maximum Gasteiger partial charge on any atom is 0.0212 e. The van der Waals surface area contributed by atoms with Gasteiger partial charge in [-0.05, 0) is 11.1 Å². The minimum absolute atomic E-state index is 0.926. The van der Waals surface area contributed by atoms with Crippen LogP contribution in [0.3, 0.4) is 0 Å². The van der Waals surface area contributed by atoms with Crippen LogP contribution in [0.2, 0.25) is 0 Å². The highest BCUT2D eigenvalue weighted by atomic mass is 14.6. The largest absolute Gasteiger partial charge is 0.0763 e. The highest BCUT2D eigenvalue weighted by Gasteiger charge is 2.60. The molecule has 0 heteroatoms. The normalized spacial score (nSPS) is 53.3. The van der Waals surface area contributed by atoms with Gasteiger partial charge < -0.3 is 0 Å². The van der Waals surface area contributed by atoms with Gasteiger partial charge in [-0.25, -0.2) is 0 Å². The molecule has 4 rings (SSSR count). The molecule has 0 aromatic rings. The summed E-state index contributed by atoms with van der Waals surface area (Å²) >= 11 is 0. The Morgan fingerprint density at radius 2 is 1.50 bits per heavy atom. The summed E-state index contributed by atoms with van der Waals surface area (Å²) in [7, 11) is 0. The molecule has 0 spiro atoms. The van der Waals surface area contributed by atoms with E-state index in [0.717, 1.165) is 11.8 Å². The lowest BCUT2D eigenvalue weighted by atomic mass is 10.1. The zero-order valence-corrected chi connectivity index (χ0v) is 3.31. The Hall–Kier alpha value is -0.520. The van der Waals surface area contributed by atoms with Crippen LogP contribution in [0.15, 0.2) is 23.3 Å². The molecule has 6 heavy (non-hydrogen) atoms. The van der Waals surface area contributed by atoms with E-state index < -0.39 is 0 Å². The molecule has 4 aliphatic carbocycles. The average molecular weight is 76.1 g/mol. The number of rotatable bonds is 0. The van der Waals surface area contributed by atoms with Gasteiger partial charge in [0.05, 0.1) is 0 Å². The summed E-state index contributed by atoms with van der Waals surface area (Å²) in [6.45, 7) is 0. The van der Waals surface area contributed by atoms with E-state index in [0.29, 0.717) is 0 Å². The van der Waals surface area contributed by atoms with Crippen LogP contribution in [0.25, 0.3) is 0 Å². The van der Waals surface area contributed by atoms with Crippen LogP contribution >= 0.6 is 0 Å². The summed E-state index contributed by atoms with van der Waals surface area (Å²) in [5, 5.41) is 0. The molecule has 0 atom stereocenters. The molecular weight excluding hydrogens is 72.1 g/mol. The van der Waals surface area contributed by atoms with Crippen molar-refractivity contribution in [1.29, 1.82) is 0 Å². The molecule has 0 fully saturated rings. The zero-order chi connectivity index (χ0) is 3.72. The quantitative estimate of drug-likeness (QED) is 0.379. The lowest BCUT2D eigenvalue weighted by molar-refractivity contribution is 0.919. The molecule has 0 aliphatic heterocycles. The first-order valence-corrected chi connectivity index (χ1v) is 2.40. The molecule has 0 nitrogen and oxygen atoms in total. The van der Waals surface area contributed by atoms with Gasteiger partial charge in [-0.3, -0.25) is 0 Å². The SMILES string of the molecule is C1=CC2C3=C2C13. The Morgan fingerprint density at radius 3 is 1.67 bits per heavy atom. The first kappa shape index (κ1) is 1.97. The monoisotopic (exact) mass is 76.0 g/mol. The highest BCUT2D eigenvalue weighted by Crippen LogP contribution is 2.71. The second-order valence-corrected chi connectivity index (χ2v) is 2.25. The van der Waals surface area contributed by atoms with Crippen molar-refractivity contribution in [1.82, 2.24) is 0 Å². The fourth-order valence-corrected chi connectivity index (χ4v) is 1.48. The molecular formula is C6H4. The van der Waals surface area contributed by atoms with E-state index in [1.165, 1.54) is 0 Å². The molecule has 0 saturated heterocycles. The standard InChI is InChI=1S/C6H4/c1-2-4-5-3(1)6(4)5/h1-4H. The van der Waals surface area contributed by atoms with E-state index in [9.17, 15) is 0 Å². The number of hydrogen-bond acceptors (Lipinski definition) is 0. The van der Waals surface area contributed by atoms with E-state index in [1.807, 2.05) is 0 Å². The molecule has 0 unspecified atom stereocenters. The minimum atomic E-state index is 0.926. The van der Waals surface area contributed by atoms with Crippen LogP contribution in [-0.4, -0.2) is 0 Å². The highest BCUT2D eigenvalue weighted by molar-refractivity contribution is 5.74. The molecule has 0 saturated carbocycles. The van der Waals surface area contributed by atoms with Crippen molar-refractivity contribution in [3.05, 3.63) is 23.3 Å². The Balaban J connectivity index is 2.42. The molecule has 0 heterocycles. The third-order valence-electron chi connectivity index (χ3n) is 2.00. The predicted molar refractivity (Wildman–Crippen MR) is 23.1 cm³/mol. The maximum absolute atomic E-state index is 2.31. The van der Waals surface area contributed by atoms with Gasteiger partial charge in [0, 0.05) is 11.8 Å². The maximum atomic E-state index is 2.31. The van der Waals surface area contributed by atoms with Gasteiger partial charge in [-0.15, -0.1) is 0 Å². The van der Waals surface area contributed by atoms with E-state index in [2.05, 4.69) is 12.2 Å². The average Bonchev–Trinajstić information content (AvgIpc) is 2.30. The Morgan fingerprint density at radius 1 is 1.00 bits per heavy atom. The predicted octanol–water partition coefficient (Wildman–Crippen LogP) is 1.11. The summed E-state index contributed by atoms with van der Waals surface area (Å²) < 4.78 is 0. The van der Waals surface area contributed by atoms with Crippen LogP contribution in [-0.2, 0) is 0 Å². The summed E-state index contributed by atoms with van der Waals surface area (Å²) in [6, 6.07) is 0. The lowest BCUT2D eigenvalue weighted by Gasteiger charge is -1.92. The summed E-state index contributed by atoms with van der Waals surface area (Å²) in [6.07, 6.45) is 4.63. The molecule has 0 aromatic heterocycles. The van der Waals surface area contributed by atoms with E-state index in [4.69, 9.17) is 0 Å². The van der Waals surface area contributed by atoms with E-state index in [1.54, 1.807) is 11.1 Å². The third kappa shape index (κ3) is 0.0510. The molecule has 4 aliphatic rings. The van der Waals surface area contributed by atoms with Gasteiger partial charge in [0.15, 0.2) is 0 Å². The summed E-state index contributed by atoms with van der Waals surface area (Å²) in [4.78, 5) is 0. The van der Waals surface area contributed by atoms with E-state index in [-0.39, 0.29) is 0 Å². The van der Waals surface area contributed by atoms with Crippen molar-refractivity contribution in [2.75, 3.05) is 0 Å². The van der Waals surface area contributed by atoms with Crippen molar-refractivity contribution in [3.8, 4) is 0 Å². The first-order chi connectivity index (χ1) is 2.98. The second kappa shape index (κ2) is 0.299. The third-order valence-corrected chi connectivity index (χ3v) is 2.00. The smallest absolute Gasteiger partial charge is 0.0212 e. The zero-order valence-electron chi connectivity index (χ0n) is 3.31. The van der Waals surface area contributed by atoms with Crippen LogP contribution in [0.5, 0.6) is 0 Å². The fraction of sp³-hybridized carbons (Fsp3) is 0.333. The van der Waals surface area contributed by atoms with Crippen molar-refractivity contribution in [2.45, 2.75) is 0 Å². The van der Waals surface area contributed by atoms with Crippen molar-refractivity contribution in [3.63, 3.8) is 0 Å². The van der Waals surface area contributed by atoms with Gasteiger partial charge in [0.2, 0.25) is 0 Å². The van der Waals surface area contributed by atoms with Gasteiger partial charge >= 0.3 is 0 Å². The Bertz CT molecular complexity index is 152. The van der Waals surface area contributed by atoms with E-state index >= 15 is 0 Å². The van der Waals surface area contributed by atoms with Crippen LogP contribution in [0.4, 0.5) is 0 Å². The first-order valence-electron chi connectivity index (χ1n) is 2.40. The van der Waals surface area contributed by atoms with Crippen molar-refractivity contribution >= 4 is 0 Å². The van der Waals surface area contributed by atoms with Gasteiger partial charge in [0.25, 0.3) is 0 Å². The lowest BCUT2D eigenvalue weighted by Crippen LogP contribution is -1.85. The van der Waals surface area contributed by atoms with Gasteiger partial charge in [0.1, 0.15) is 0 Å². The topological polar surface area (TPSA) is 0 Å². The Kier molecular flexibility index (Phi) is 0.0978.